The fourth-order valence-electron chi connectivity index (χ4n) is 1.39. The lowest BCUT2D eigenvalue weighted by Gasteiger charge is -2.00. The molecular formula is C9H12N4. The highest BCUT2D eigenvalue weighted by Gasteiger charge is 2.04. The standard InChI is InChI=1S/C9H12N4/c1-2-7-6-12-13-8(5-10)3-4-11-9(7)13/h3-4,6H,2,5,10H2,1H3. The highest BCUT2D eigenvalue weighted by atomic mass is 15.3. The maximum absolute atomic E-state index is 5.58. The van der Waals surface area contributed by atoms with E-state index in [-0.39, 0.29) is 0 Å². The number of aromatic nitrogens is 3. The van der Waals surface area contributed by atoms with Gasteiger partial charge in [-0.25, -0.2) is 9.50 Å². The number of nitrogens with two attached hydrogens (primary N) is 1. The van der Waals surface area contributed by atoms with Crippen molar-refractivity contribution in [1.82, 2.24) is 14.6 Å². The molecule has 0 amide bonds. The molecule has 4 nitrogen and oxygen atoms in total. The van der Waals surface area contributed by atoms with Crippen molar-refractivity contribution in [2.75, 3.05) is 0 Å². The number of hydrogen-bond donors (Lipinski definition) is 1. The van der Waals surface area contributed by atoms with Crippen LogP contribution < -0.4 is 5.73 Å². The van der Waals surface area contributed by atoms with Crippen molar-refractivity contribution in [2.24, 2.45) is 5.73 Å². The van der Waals surface area contributed by atoms with Crippen LogP contribution in [0.1, 0.15) is 18.2 Å². The predicted molar refractivity (Wildman–Crippen MR) is 50.3 cm³/mol. The minimum atomic E-state index is 0.490. The first kappa shape index (κ1) is 8.19. The molecule has 68 valence electrons. The van der Waals surface area contributed by atoms with Crippen molar-refractivity contribution in [3.05, 3.63) is 29.7 Å². The quantitative estimate of drug-likeness (QED) is 0.734. The summed E-state index contributed by atoms with van der Waals surface area (Å²) in [5, 5.41) is 4.23. The van der Waals surface area contributed by atoms with Crippen molar-refractivity contribution in [3.8, 4) is 0 Å². The molecule has 0 aliphatic rings. The molecule has 0 atom stereocenters. The van der Waals surface area contributed by atoms with Crippen molar-refractivity contribution in [2.45, 2.75) is 19.9 Å². The third-order valence-electron chi connectivity index (χ3n) is 2.14. The van der Waals surface area contributed by atoms with Crippen LogP contribution in [0.2, 0.25) is 0 Å². The van der Waals surface area contributed by atoms with Crippen molar-refractivity contribution in [1.29, 1.82) is 0 Å². The molecular weight excluding hydrogens is 164 g/mol. The minimum absolute atomic E-state index is 0.490. The molecule has 2 N–H and O–H groups in total. The number of hydrogen-bond acceptors (Lipinski definition) is 3. The van der Waals surface area contributed by atoms with E-state index in [9.17, 15) is 0 Å². The van der Waals surface area contributed by atoms with Crippen LogP contribution in [0.15, 0.2) is 18.5 Å². The summed E-state index contributed by atoms with van der Waals surface area (Å²) in [7, 11) is 0. The Labute approximate surface area is 76.4 Å². The van der Waals surface area contributed by atoms with Crippen molar-refractivity contribution < 1.29 is 0 Å². The fourth-order valence-corrected chi connectivity index (χ4v) is 1.39. The zero-order valence-corrected chi connectivity index (χ0v) is 7.57. The van der Waals surface area contributed by atoms with Gasteiger partial charge in [0.2, 0.25) is 0 Å². The summed E-state index contributed by atoms with van der Waals surface area (Å²) < 4.78 is 1.80. The van der Waals surface area contributed by atoms with Crippen LogP contribution in [0.4, 0.5) is 0 Å². The van der Waals surface area contributed by atoms with Gasteiger partial charge in [0.05, 0.1) is 11.9 Å². The Hall–Kier alpha value is -1.42. The Kier molecular flexibility index (Phi) is 1.98. The van der Waals surface area contributed by atoms with E-state index in [4.69, 9.17) is 5.73 Å². The van der Waals surface area contributed by atoms with Gasteiger partial charge < -0.3 is 5.73 Å². The average molecular weight is 176 g/mol. The average Bonchev–Trinajstić information content (AvgIpc) is 2.60. The molecule has 2 rings (SSSR count). The Balaban J connectivity index is 2.72. The molecule has 0 bridgehead atoms. The van der Waals surface area contributed by atoms with Gasteiger partial charge in [0.15, 0.2) is 5.65 Å². The largest absolute Gasteiger partial charge is 0.325 e. The van der Waals surface area contributed by atoms with Crippen LogP contribution in [-0.2, 0) is 13.0 Å². The number of fused-ring (bicyclic) bond motifs is 1. The lowest BCUT2D eigenvalue weighted by atomic mass is 10.3. The summed E-state index contributed by atoms with van der Waals surface area (Å²) in [5.74, 6) is 0. The first-order valence-corrected chi connectivity index (χ1v) is 4.37. The summed E-state index contributed by atoms with van der Waals surface area (Å²) in [4.78, 5) is 4.27. The predicted octanol–water partition coefficient (Wildman–Crippen LogP) is 0.750. The van der Waals surface area contributed by atoms with E-state index in [2.05, 4.69) is 17.0 Å². The van der Waals surface area contributed by atoms with Gasteiger partial charge in [0.25, 0.3) is 0 Å². The second-order valence-corrected chi connectivity index (χ2v) is 2.90. The zero-order valence-electron chi connectivity index (χ0n) is 7.57. The highest BCUT2D eigenvalue weighted by Crippen LogP contribution is 2.09. The molecule has 0 aromatic carbocycles. The summed E-state index contributed by atoms with van der Waals surface area (Å²) >= 11 is 0. The Bertz CT molecular complexity index is 418. The van der Waals surface area contributed by atoms with Gasteiger partial charge in [0.1, 0.15) is 0 Å². The van der Waals surface area contributed by atoms with Gasteiger partial charge in [-0.1, -0.05) is 6.92 Å². The minimum Gasteiger partial charge on any atom is -0.325 e. The number of aryl methyl sites for hydroxylation is 1. The Morgan fingerprint density at radius 2 is 2.38 bits per heavy atom. The van der Waals surface area contributed by atoms with E-state index in [1.54, 1.807) is 10.7 Å². The SMILES string of the molecule is CCc1cnn2c(CN)ccnc12. The van der Waals surface area contributed by atoms with Crippen LogP contribution in [0.3, 0.4) is 0 Å². The lowest BCUT2D eigenvalue weighted by Crippen LogP contribution is -2.05. The maximum atomic E-state index is 5.58. The molecule has 0 saturated heterocycles. The van der Waals surface area contributed by atoms with Gasteiger partial charge >= 0.3 is 0 Å². The summed E-state index contributed by atoms with van der Waals surface area (Å²) in [6, 6.07) is 1.89. The molecule has 2 aromatic rings. The molecule has 0 radical (unpaired) electrons. The molecule has 13 heavy (non-hydrogen) atoms. The number of rotatable bonds is 2. The molecule has 0 aliphatic heterocycles. The van der Waals surface area contributed by atoms with E-state index in [0.29, 0.717) is 6.54 Å². The van der Waals surface area contributed by atoms with Crippen LogP contribution in [0.25, 0.3) is 5.65 Å². The third kappa shape index (κ3) is 1.19. The smallest absolute Gasteiger partial charge is 0.158 e. The van der Waals surface area contributed by atoms with Gasteiger partial charge in [-0.15, -0.1) is 0 Å². The third-order valence-corrected chi connectivity index (χ3v) is 2.14. The summed E-state index contributed by atoms with van der Waals surface area (Å²) in [5.41, 5.74) is 8.65. The van der Waals surface area contributed by atoms with Crippen LogP contribution >= 0.6 is 0 Å². The van der Waals surface area contributed by atoms with Crippen molar-refractivity contribution >= 4 is 5.65 Å². The Morgan fingerprint density at radius 3 is 3.08 bits per heavy atom. The molecule has 4 heteroatoms. The molecule has 2 aromatic heterocycles. The number of nitrogens with zero attached hydrogens (tertiary/aromatic N) is 3. The second-order valence-electron chi connectivity index (χ2n) is 2.90. The summed E-state index contributed by atoms with van der Waals surface area (Å²) in [6.45, 7) is 2.58. The van der Waals surface area contributed by atoms with E-state index >= 15 is 0 Å². The Morgan fingerprint density at radius 1 is 1.54 bits per heavy atom. The maximum Gasteiger partial charge on any atom is 0.158 e. The van der Waals surface area contributed by atoms with Gasteiger partial charge in [-0.05, 0) is 12.5 Å². The van der Waals surface area contributed by atoms with E-state index in [1.807, 2.05) is 12.3 Å². The van der Waals surface area contributed by atoms with Gasteiger partial charge in [0, 0.05) is 18.3 Å². The topological polar surface area (TPSA) is 56.2 Å². The van der Waals surface area contributed by atoms with Crippen LogP contribution in [-0.4, -0.2) is 14.6 Å². The van der Waals surface area contributed by atoms with E-state index in [1.165, 1.54) is 0 Å². The lowest BCUT2D eigenvalue weighted by molar-refractivity contribution is 0.835. The first-order chi connectivity index (χ1) is 6.36. The molecule has 2 heterocycles. The summed E-state index contributed by atoms with van der Waals surface area (Å²) in [6.07, 6.45) is 4.57. The zero-order chi connectivity index (χ0) is 9.26. The monoisotopic (exact) mass is 176 g/mol. The highest BCUT2D eigenvalue weighted by molar-refractivity contribution is 5.46. The van der Waals surface area contributed by atoms with Crippen LogP contribution in [0.5, 0.6) is 0 Å². The fraction of sp³-hybridized carbons (Fsp3) is 0.333. The van der Waals surface area contributed by atoms with E-state index in [0.717, 1.165) is 23.3 Å². The van der Waals surface area contributed by atoms with Gasteiger partial charge in [-0.3, -0.25) is 0 Å². The van der Waals surface area contributed by atoms with Crippen molar-refractivity contribution in [3.63, 3.8) is 0 Å². The molecule has 0 saturated carbocycles. The molecule has 0 unspecified atom stereocenters. The van der Waals surface area contributed by atoms with Gasteiger partial charge in [-0.2, -0.15) is 5.10 Å². The second kappa shape index (κ2) is 3.14. The van der Waals surface area contributed by atoms with Crippen LogP contribution in [0, 0.1) is 0 Å². The van der Waals surface area contributed by atoms with E-state index < -0.39 is 0 Å². The first-order valence-electron chi connectivity index (χ1n) is 4.37. The molecule has 0 spiro atoms. The molecule has 0 aliphatic carbocycles. The molecule has 0 fully saturated rings. The normalized spacial score (nSPS) is 10.9.